The van der Waals surface area contributed by atoms with Crippen LogP contribution in [0, 0.1) is 12.3 Å². The Morgan fingerprint density at radius 2 is 1.45 bits per heavy atom. The van der Waals surface area contributed by atoms with E-state index in [-0.39, 0.29) is 25.3 Å². The Bertz CT molecular complexity index is 866. The van der Waals surface area contributed by atoms with Crippen LogP contribution in [0.3, 0.4) is 0 Å². The topological polar surface area (TPSA) is 291 Å². The summed E-state index contributed by atoms with van der Waals surface area (Å²) in [5, 5.41) is 64.7. The van der Waals surface area contributed by atoms with Gasteiger partial charge in [-0.3, -0.25) is 4.79 Å². The van der Waals surface area contributed by atoms with Crippen LogP contribution in [0.5, 0.6) is 0 Å². The molecule has 0 bridgehead atoms. The van der Waals surface area contributed by atoms with Gasteiger partial charge in [0.1, 0.15) is 54.9 Å². The monoisotopic (exact) mass is 577 g/mol. The number of nitrogens with one attached hydrogen (secondary N) is 1. The second-order valence-corrected chi connectivity index (χ2v) is 10.5. The van der Waals surface area contributed by atoms with Gasteiger partial charge in [-0.15, -0.1) is 12.3 Å². The van der Waals surface area contributed by atoms with E-state index in [2.05, 4.69) is 11.2 Å². The highest BCUT2D eigenvalue weighted by molar-refractivity contribution is 5.75. The lowest BCUT2D eigenvalue weighted by molar-refractivity contribution is -0.319. The first-order valence-electron chi connectivity index (χ1n) is 13.3. The number of nitrogens with two attached hydrogens (primary N) is 4. The average molecular weight is 578 g/mol. The van der Waals surface area contributed by atoms with Crippen LogP contribution >= 0.6 is 0 Å². The van der Waals surface area contributed by atoms with E-state index in [9.17, 15) is 35.4 Å². The maximum absolute atomic E-state index is 12.1. The smallest absolute Gasteiger partial charge is 0.220 e. The molecule has 3 fully saturated rings. The van der Waals surface area contributed by atoms with Crippen molar-refractivity contribution in [3.8, 4) is 12.3 Å². The van der Waals surface area contributed by atoms with Crippen LogP contribution in [-0.4, -0.2) is 141 Å². The second kappa shape index (κ2) is 14.6. The van der Waals surface area contributed by atoms with E-state index in [4.69, 9.17) is 48.3 Å². The summed E-state index contributed by atoms with van der Waals surface area (Å²) in [7, 11) is 0. The van der Waals surface area contributed by atoms with E-state index in [0.717, 1.165) is 0 Å². The highest BCUT2D eigenvalue weighted by atomic mass is 16.7. The molecule has 0 spiro atoms. The minimum atomic E-state index is -1.51. The van der Waals surface area contributed by atoms with E-state index in [1.807, 2.05) is 0 Å². The van der Waals surface area contributed by atoms with Crippen LogP contribution in [0.15, 0.2) is 0 Å². The van der Waals surface area contributed by atoms with Crippen LogP contribution < -0.4 is 28.3 Å². The fourth-order valence-electron chi connectivity index (χ4n) is 5.07. The number of aliphatic hydroxyl groups is 6. The van der Waals surface area contributed by atoms with E-state index in [0.29, 0.717) is 12.8 Å². The van der Waals surface area contributed by atoms with Crippen molar-refractivity contribution in [3.05, 3.63) is 0 Å². The quantitative estimate of drug-likeness (QED) is 0.0850. The highest BCUT2D eigenvalue weighted by Crippen LogP contribution is 2.31. The zero-order valence-electron chi connectivity index (χ0n) is 22.0. The lowest BCUT2D eigenvalue weighted by atomic mass is 9.84. The van der Waals surface area contributed by atoms with Gasteiger partial charge in [-0.1, -0.05) is 0 Å². The van der Waals surface area contributed by atoms with Crippen molar-refractivity contribution in [2.75, 3.05) is 13.2 Å². The molecule has 3 rings (SSSR count). The SMILES string of the molecule is C#CCCCC(=O)NC[C@H]1O[C@H](O[C@H]2[C@H](O)[C@@H](O[C@@H]3O[C@@H](CO)[C@H](O)[C@@H](N)[C@@H]3O)[C@H](N)C[C@@H]2N)[C@H](N)[C@@H](O)[C@@H]1O. The lowest BCUT2D eigenvalue weighted by Gasteiger charge is -2.48. The summed E-state index contributed by atoms with van der Waals surface area (Å²) in [4.78, 5) is 12.1. The third-order valence-corrected chi connectivity index (χ3v) is 7.56. The lowest BCUT2D eigenvalue weighted by Crippen LogP contribution is -2.69. The van der Waals surface area contributed by atoms with Crippen LogP contribution in [0.1, 0.15) is 25.7 Å². The number of carbonyl (C=O) groups is 1. The average Bonchev–Trinajstić information content (AvgIpc) is 2.92. The van der Waals surface area contributed by atoms with Gasteiger partial charge in [0.25, 0.3) is 0 Å². The van der Waals surface area contributed by atoms with Crippen molar-refractivity contribution < 1.29 is 54.4 Å². The molecular formula is C24H43N5O11. The first-order valence-corrected chi connectivity index (χ1v) is 13.3. The van der Waals surface area contributed by atoms with Gasteiger partial charge in [-0.2, -0.15) is 0 Å². The predicted molar refractivity (Wildman–Crippen MR) is 136 cm³/mol. The van der Waals surface area contributed by atoms with Gasteiger partial charge in [0, 0.05) is 31.5 Å². The number of amides is 1. The van der Waals surface area contributed by atoms with Crippen molar-refractivity contribution in [2.45, 2.75) is 117 Å². The maximum atomic E-state index is 12.1. The Labute approximate surface area is 231 Å². The van der Waals surface area contributed by atoms with E-state index in [1.54, 1.807) is 0 Å². The molecule has 0 aromatic heterocycles. The summed E-state index contributed by atoms with van der Waals surface area (Å²) >= 11 is 0. The molecule has 2 aliphatic heterocycles. The van der Waals surface area contributed by atoms with Crippen molar-refractivity contribution in [2.24, 2.45) is 22.9 Å². The van der Waals surface area contributed by atoms with Gasteiger partial charge in [0.2, 0.25) is 5.91 Å². The number of hydrogen-bond donors (Lipinski definition) is 11. The molecule has 40 heavy (non-hydrogen) atoms. The number of unbranched alkanes of at least 4 members (excludes halogenated alkanes) is 1. The Morgan fingerprint density at radius 3 is 2.05 bits per heavy atom. The fourth-order valence-corrected chi connectivity index (χ4v) is 5.07. The van der Waals surface area contributed by atoms with Gasteiger partial charge >= 0.3 is 0 Å². The molecule has 0 aromatic carbocycles. The number of carbonyl (C=O) groups excluding carboxylic acids is 1. The molecule has 1 aliphatic carbocycles. The number of hydrogen-bond acceptors (Lipinski definition) is 15. The molecule has 16 nitrogen and oxygen atoms in total. The zero-order valence-corrected chi connectivity index (χ0v) is 22.0. The minimum absolute atomic E-state index is 0.0809. The van der Waals surface area contributed by atoms with Crippen molar-refractivity contribution >= 4 is 5.91 Å². The highest BCUT2D eigenvalue weighted by Gasteiger charge is 2.51. The molecule has 0 unspecified atom stereocenters. The van der Waals surface area contributed by atoms with Crippen LogP contribution in [0.25, 0.3) is 0 Å². The van der Waals surface area contributed by atoms with Crippen LogP contribution in [-0.2, 0) is 23.7 Å². The summed E-state index contributed by atoms with van der Waals surface area (Å²) < 4.78 is 22.9. The first kappa shape index (κ1) is 33.0. The third-order valence-electron chi connectivity index (χ3n) is 7.56. The minimum Gasteiger partial charge on any atom is -0.394 e. The van der Waals surface area contributed by atoms with Crippen LogP contribution in [0.2, 0.25) is 0 Å². The van der Waals surface area contributed by atoms with Gasteiger partial charge in [0.15, 0.2) is 12.6 Å². The molecule has 1 saturated carbocycles. The molecule has 1 amide bonds. The number of terminal acetylenes is 1. The number of rotatable bonds is 10. The predicted octanol–water partition coefficient (Wildman–Crippen LogP) is -6.36. The molecule has 15 N–H and O–H groups in total. The van der Waals surface area contributed by atoms with Gasteiger partial charge < -0.3 is 77.8 Å². The van der Waals surface area contributed by atoms with E-state index >= 15 is 0 Å². The summed E-state index contributed by atoms with van der Waals surface area (Å²) in [6, 6.07) is -4.15. The standard InChI is InChI=1S/C24H43N5O11/c1-2-3-4-5-13(31)29-7-11-17(33)18(34)15(28)23(37-11)39-21-9(25)6-10(26)22(20(21)36)40-24-19(35)14(27)16(32)12(8-30)38-24/h1,9-12,14-24,30,32-36H,3-8,25-28H2,(H,29,31)/t9-,10+,11+,12-,14+,15+,16-,17+,18+,19-,20-,21+,22-,23+,24-/m0/s1. The molecule has 2 saturated heterocycles. The first-order chi connectivity index (χ1) is 18.9. The fraction of sp³-hybridized carbons (Fsp3) is 0.875. The van der Waals surface area contributed by atoms with Crippen molar-refractivity contribution in [3.63, 3.8) is 0 Å². The normalized spacial score (nSPS) is 46.0. The molecule has 2 heterocycles. The molecular weight excluding hydrogens is 534 g/mol. The second-order valence-electron chi connectivity index (χ2n) is 10.5. The Morgan fingerprint density at radius 1 is 0.850 bits per heavy atom. The van der Waals surface area contributed by atoms with Crippen molar-refractivity contribution in [1.82, 2.24) is 5.32 Å². The van der Waals surface area contributed by atoms with Gasteiger partial charge in [-0.25, -0.2) is 0 Å². The van der Waals surface area contributed by atoms with Crippen molar-refractivity contribution in [1.29, 1.82) is 0 Å². The summed E-state index contributed by atoms with van der Waals surface area (Å²) in [5.74, 6) is 2.11. The largest absolute Gasteiger partial charge is 0.394 e. The summed E-state index contributed by atoms with van der Waals surface area (Å²) in [6.45, 7) is -0.764. The molecule has 230 valence electrons. The van der Waals surface area contributed by atoms with E-state index < -0.39 is 98.3 Å². The molecule has 0 radical (unpaired) electrons. The molecule has 3 aliphatic rings. The van der Waals surface area contributed by atoms with Crippen LogP contribution in [0.4, 0.5) is 0 Å². The zero-order chi connectivity index (χ0) is 29.7. The summed E-state index contributed by atoms with van der Waals surface area (Å²) in [6.07, 6.45) is -8.45. The Hall–Kier alpha value is -1.53. The molecule has 0 aromatic rings. The Kier molecular flexibility index (Phi) is 12.0. The third kappa shape index (κ3) is 7.45. The van der Waals surface area contributed by atoms with Gasteiger partial charge in [0.05, 0.1) is 18.7 Å². The molecule has 15 atom stereocenters. The number of ether oxygens (including phenoxy) is 4. The summed E-state index contributed by atoms with van der Waals surface area (Å²) in [5.41, 5.74) is 24.3. The van der Waals surface area contributed by atoms with E-state index in [1.165, 1.54) is 0 Å². The maximum Gasteiger partial charge on any atom is 0.220 e. The molecule has 16 heteroatoms. The van der Waals surface area contributed by atoms with Gasteiger partial charge in [-0.05, 0) is 12.8 Å². The number of aliphatic hydroxyl groups excluding tert-OH is 6. The Balaban J connectivity index is 1.67.